The van der Waals surface area contributed by atoms with Gasteiger partial charge in [-0.3, -0.25) is 0 Å². The van der Waals surface area contributed by atoms with E-state index in [1.165, 1.54) is 109 Å². The van der Waals surface area contributed by atoms with Gasteiger partial charge in [0.25, 0.3) is 0 Å². The van der Waals surface area contributed by atoms with E-state index in [9.17, 15) is 9.90 Å². The van der Waals surface area contributed by atoms with Crippen LogP contribution < -0.4 is 0 Å². The number of carbonyl (C=O) groups excluding carboxylic acids is 1. The summed E-state index contributed by atoms with van der Waals surface area (Å²) in [6.07, 6.45) is 31.8. The molecule has 0 fully saturated rings. The first-order valence-corrected chi connectivity index (χ1v) is 18.5. The second-order valence-electron chi connectivity index (χ2n) is 12.8. The van der Waals surface area contributed by atoms with E-state index >= 15 is 0 Å². The van der Waals surface area contributed by atoms with E-state index in [2.05, 4.69) is 28.4 Å². The summed E-state index contributed by atoms with van der Waals surface area (Å²) in [5, 5.41) is 11.5. The first-order chi connectivity index (χ1) is 22.6. The largest absolute Gasteiger partial charge is 0.454 e. The Morgan fingerprint density at radius 1 is 0.696 bits per heavy atom. The number of unbranched alkanes of at least 4 members (excludes halogenated alkanes) is 18. The molecule has 3 aromatic heterocycles. The minimum absolute atomic E-state index is 0.0210. The van der Waals surface area contributed by atoms with Crippen molar-refractivity contribution in [3.05, 3.63) is 66.0 Å². The summed E-state index contributed by atoms with van der Waals surface area (Å²) in [5.41, 5.74) is 0.875. The molecule has 8 nitrogen and oxygen atoms in total. The van der Waals surface area contributed by atoms with Gasteiger partial charge in [0.15, 0.2) is 6.10 Å². The van der Waals surface area contributed by atoms with Crippen molar-refractivity contribution in [1.82, 2.24) is 24.1 Å². The van der Waals surface area contributed by atoms with Gasteiger partial charge < -0.3 is 19.0 Å². The van der Waals surface area contributed by atoms with Crippen molar-refractivity contribution in [1.29, 1.82) is 0 Å². The SMILES string of the molecule is CCCCCCCCCCCCn1ccnc1C(O)c1nc(COC(=O)c2ccccn2)cn1CCCCCCCCCCCC. The van der Waals surface area contributed by atoms with Crippen molar-refractivity contribution in [3.8, 4) is 0 Å². The van der Waals surface area contributed by atoms with Gasteiger partial charge in [-0.05, 0) is 25.0 Å². The lowest BCUT2D eigenvalue weighted by atomic mass is 10.1. The number of imidazole rings is 2. The highest BCUT2D eigenvalue weighted by Crippen LogP contribution is 2.23. The van der Waals surface area contributed by atoms with Crippen LogP contribution in [0.1, 0.15) is 176 Å². The number of aryl methyl sites for hydroxylation is 2. The van der Waals surface area contributed by atoms with Crippen LogP contribution in [-0.4, -0.2) is 35.2 Å². The number of aliphatic hydroxyl groups is 1. The molecule has 46 heavy (non-hydrogen) atoms. The Balaban J connectivity index is 1.53. The zero-order chi connectivity index (χ0) is 32.7. The lowest BCUT2D eigenvalue weighted by Gasteiger charge is -2.15. The van der Waals surface area contributed by atoms with Crippen molar-refractivity contribution < 1.29 is 14.6 Å². The quantitative estimate of drug-likeness (QED) is 0.0662. The third-order valence-electron chi connectivity index (χ3n) is 8.82. The number of rotatable bonds is 27. The fourth-order valence-corrected chi connectivity index (χ4v) is 6.06. The molecule has 8 heteroatoms. The van der Waals surface area contributed by atoms with Gasteiger partial charge in [-0.15, -0.1) is 0 Å². The van der Waals surface area contributed by atoms with E-state index in [4.69, 9.17) is 9.72 Å². The zero-order valence-electron chi connectivity index (χ0n) is 28.9. The molecule has 0 aliphatic heterocycles. The average Bonchev–Trinajstić information content (AvgIpc) is 3.72. The van der Waals surface area contributed by atoms with Gasteiger partial charge in [0.05, 0.1) is 5.69 Å². The van der Waals surface area contributed by atoms with Gasteiger partial charge >= 0.3 is 5.97 Å². The standard InChI is InChI=1S/C38H61N5O3/c1-3-5-7-9-11-13-15-17-19-23-28-42-30-27-40-36(42)35(44)37-41-33(32-46-38(45)34-25-21-22-26-39-34)31-43(37)29-24-20-18-16-14-12-10-8-6-4-2/h21-22,25-27,30-31,35,44H,3-20,23-24,28-29,32H2,1-2H3. The van der Waals surface area contributed by atoms with E-state index in [0.717, 1.165) is 32.4 Å². The number of hydrogen-bond donors (Lipinski definition) is 1. The minimum atomic E-state index is -0.957. The molecule has 0 saturated heterocycles. The number of carbonyl (C=O) groups is 1. The first-order valence-electron chi connectivity index (χ1n) is 18.5. The van der Waals surface area contributed by atoms with Crippen molar-refractivity contribution in [3.63, 3.8) is 0 Å². The molecule has 256 valence electrons. The third kappa shape index (κ3) is 14.2. The monoisotopic (exact) mass is 635 g/mol. The summed E-state index contributed by atoms with van der Waals surface area (Å²) in [6, 6.07) is 5.16. The van der Waals surface area contributed by atoms with Crippen molar-refractivity contribution in [2.24, 2.45) is 0 Å². The number of pyridine rings is 1. The van der Waals surface area contributed by atoms with Gasteiger partial charge in [-0.1, -0.05) is 135 Å². The maximum Gasteiger partial charge on any atom is 0.357 e. The zero-order valence-corrected chi connectivity index (χ0v) is 28.9. The van der Waals surface area contributed by atoms with Gasteiger partial charge in [-0.25, -0.2) is 19.7 Å². The summed E-state index contributed by atoms with van der Waals surface area (Å²) in [7, 11) is 0. The highest BCUT2D eigenvalue weighted by Gasteiger charge is 2.23. The molecule has 3 heterocycles. The predicted octanol–water partition coefficient (Wildman–Crippen LogP) is 9.76. The third-order valence-corrected chi connectivity index (χ3v) is 8.82. The number of aromatic nitrogens is 5. The van der Waals surface area contributed by atoms with Gasteiger partial charge in [-0.2, -0.15) is 0 Å². The Kier molecular flexibility index (Phi) is 19.0. The van der Waals surface area contributed by atoms with Crippen LogP contribution in [0.15, 0.2) is 43.0 Å². The molecule has 3 rings (SSSR count). The Bertz CT molecular complexity index is 1190. The molecule has 1 atom stereocenters. The summed E-state index contributed by atoms with van der Waals surface area (Å²) in [4.78, 5) is 25.9. The Morgan fingerprint density at radius 2 is 1.24 bits per heavy atom. The molecule has 0 aliphatic rings. The number of aliphatic hydroxyl groups excluding tert-OH is 1. The van der Waals surface area contributed by atoms with Crippen LogP contribution in [0.25, 0.3) is 0 Å². The summed E-state index contributed by atoms with van der Waals surface area (Å²) >= 11 is 0. The predicted molar refractivity (Wildman–Crippen MR) is 186 cm³/mol. The Labute approximate surface area is 278 Å². The van der Waals surface area contributed by atoms with E-state index < -0.39 is 12.1 Å². The second-order valence-corrected chi connectivity index (χ2v) is 12.8. The van der Waals surface area contributed by atoms with E-state index in [0.29, 0.717) is 17.3 Å². The van der Waals surface area contributed by atoms with Crippen molar-refractivity contribution in [2.45, 2.75) is 168 Å². The van der Waals surface area contributed by atoms with E-state index in [1.54, 1.807) is 30.6 Å². The highest BCUT2D eigenvalue weighted by molar-refractivity contribution is 5.87. The fourth-order valence-electron chi connectivity index (χ4n) is 6.06. The second kappa shape index (κ2) is 23.3. The molecule has 0 amide bonds. The molecule has 1 unspecified atom stereocenters. The van der Waals surface area contributed by atoms with E-state index in [1.807, 2.05) is 17.0 Å². The Morgan fingerprint density at radius 3 is 1.78 bits per heavy atom. The van der Waals surface area contributed by atoms with Gasteiger partial charge in [0.2, 0.25) is 0 Å². The van der Waals surface area contributed by atoms with Crippen LogP contribution in [0.5, 0.6) is 0 Å². The lowest BCUT2D eigenvalue weighted by molar-refractivity contribution is 0.0461. The average molecular weight is 636 g/mol. The summed E-state index contributed by atoms with van der Waals surface area (Å²) < 4.78 is 9.61. The molecule has 3 aromatic rings. The number of esters is 1. The Hall–Kier alpha value is -3.00. The van der Waals surface area contributed by atoms with Crippen LogP contribution in [0.3, 0.4) is 0 Å². The van der Waals surface area contributed by atoms with E-state index in [-0.39, 0.29) is 12.3 Å². The first kappa shape index (κ1) is 37.5. The normalized spacial score (nSPS) is 12.1. The molecule has 0 bridgehead atoms. The topological polar surface area (TPSA) is 95.1 Å². The smallest absolute Gasteiger partial charge is 0.357 e. The van der Waals surface area contributed by atoms with Crippen LogP contribution in [0, 0.1) is 0 Å². The molecule has 0 radical (unpaired) electrons. The van der Waals surface area contributed by atoms with Crippen molar-refractivity contribution in [2.75, 3.05) is 0 Å². The van der Waals surface area contributed by atoms with Crippen LogP contribution in [0.2, 0.25) is 0 Å². The number of ether oxygens (including phenoxy) is 1. The number of nitrogens with zero attached hydrogens (tertiary/aromatic N) is 5. The van der Waals surface area contributed by atoms with Crippen LogP contribution in [-0.2, 0) is 24.4 Å². The summed E-state index contributed by atoms with van der Waals surface area (Å²) in [5.74, 6) is 0.678. The highest BCUT2D eigenvalue weighted by atomic mass is 16.5. The maximum absolute atomic E-state index is 12.5. The molecular weight excluding hydrogens is 574 g/mol. The molecule has 0 saturated carbocycles. The fraction of sp³-hybridized carbons (Fsp3) is 0.684. The van der Waals surface area contributed by atoms with Gasteiger partial charge in [0, 0.05) is 37.9 Å². The van der Waals surface area contributed by atoms with Gasteiger partial charge in [0.1, 0.15) is 23.9 Å². The van der Waals surface area contributed by atoms with Crippen LogP contribution in [0.4, 0.5) is 0 Å². The molecular formula is C38H61N5O3. The summed E-state index contributed by atoms with van der Waals surface area (Å²) in [6.45, 7) is 6.13. The molecule has 0 spiro atoms. The van der Waals surface area contributed by atoms with Crippen LogP contribution >= 0.6 is 0 Å². The van der Waals surface area contributed by atoms with Crippen molar-refractivity contribution >= 4 is 5.97 Å². The minimum Gasteiger partial charge on any atom is -0.454 e. The molecule has 1 N–H and O–H groups in total. The molecule has 0 aromatic carbocycles. The number of hydrogen-bond acceptors (Lipinski definition) is 6. The maximum atomic E-state index is 12.5. The lowest BCUT2D eigenvalue weighted by Crippen LogP contribution is -2.15. The molecule has 0 aliphatic carbocycles.